The molecule has 0 radical (unpaired) electrons. The van der Waals surface area contributed by atoms with Crippen LogP contribution in [0, 0.1) is 5.82 Å². The number of hydrogen-bond donors (Lipinski definition) is 0. The highest BCUT2D eigenvalue weighted by atomic mass is 19.3. The molecular formula is C22H24F3N7O2. The minimum Gasteiger partial charge on any atom is -0.341 e. The zero-order chi connectivity index (χ0) is 24.0. The van der Waals surface area contributed by atoms with Crippen molar-refractivity contribution in [1.82, 2.24) is 29.0 Å². The van der Waals surface area contributed by atoms with Crippen molar-refractivity contribution in [2.75, 3.05) is 31.1 Å². The number of likely N-dealkylation sites (tertiary alicyclic amines) is 1. The number of pyridine rings is 1. The van der Waals surface area contributed by atoms with E-state index < -0.39 is 22.9 Å². The van der Waals surface area contributed by atoms with Crippen molar-refractivity contribution >= 4 is 17.1 Å². The summed E-state index contributed by atoms with van der Waals surface area (Å²) in [7, 11) is 1.43. The lowest BCUT2D eigenvalue weighted by molar-refractivity contribution is 0.0115. The van der Waals surface area contributed by atoms with E-state index in [1.807, 2.05) is 4.90 Å². The molecule has 2 fully saturated rings. The Labute approximate surface area is 192 Å². The third kappa shape index (κ3) is 4.17. The number of hydrogen-bond acceptors (Lipinski definition) is 7. The average molecular weight is 475 g/mol. The molecule has 0 saturated carbocycles. The van der Waals surface area contributed by atoms with E-state index >= 15 is 0 Å². The van der Waals surface area contributed by atoms with Crippen LogP contribution in [0.4, 0.5) is 19.1 Å². The summed E-state index contributed by atoms with van der Waals surface area (Å²) < 4.78 is 43.0. The minimum absolute atomic E-state index is 0.128. The number of anilines is 1. The zero-order valence-corrected chi connectivity index (χ0v) is 18.6. The predicted molar refractivity (Wildman–Crippen MR) is 119 cm³/mol. The lowest BCUT2D eigenvalue weighted by atomic mass is 10.0. The second-order valence-electron chi connectivity index (χ2n) is 8.96. The van der Waals surface area contributed by atoms with Crippen LogP contribution in [0.3, 0.4) is 0 Å². The first-order valence-corrected chi connectivity index (χ1v) is 11.1. The van der Waals surface area contributed by atoms with Crippen LogP contribution in [0.15, 0.2) is 34.2 Å². The number of fused-ring (bicyclic) bond motifs is 1. The SMILES string of the molecule is Cn1c(=O)c(=O)n(C2CCN(c3ncc(CN4CCC(F)(F)C4)cn3)CC2)c2ncc(F)cc21. The zero-order valence-electron chi connectivity index (χ0n) is 18.6. The third-order valence-electron chi connectivity index (χ3n) is 6.57. The maximum Gasteiger partial charge on any atom is 0.318 e. The van der Waals surface area contributed by atoms with E-state index in [0.717, 1.165) is 16.3 Å². The van der Waals surface area contributed by atoms with E-state index in [-0.39, 0.29) is 30.2 Å². The van der Waals surface area contributed by atoms with Crippen LogP contribution >= 0.6 is 0 Å². The lowest BCUT2D eigenvalue weighted by Crippen LogP contribution is -2.45. The first-order chi connectivity index (χ1) is 16.2. The summed E-state index contributed by atoms with van der Waals surface area (Å²) in [5.74, 6) is -2.69. The molecule has 5 rings (SSSR count). The van der Waals surface area contributed by atoms with Gasteiger partial charge in [0, 0.05) is 69.7 Å². The first kappa shape index (κ1) is 22.5. The van der Waals surface area contributed by atoms with Gasteiger partial charge in [0.05, 0.1) is 18.3 Å². The molecule has 3 aromatic heterocycles. The van der Waals surface area contributed by atoms with E-state index in [1.165, 1.54) is 17.7 Å². The lowest BCUT2D eigenvalue weighted by Gasteiger charge is -2.33. The Balaban J connectivity index is 1.30. The van der Waals surface area contributed by atoms with Gasteiger partial charge >= 0.3 is 11.1 Å². The Morgan fingerprint density at radius 3 is 2.38 bits per heavy atom. The van der Waals surface area contributed by atoms with E-state index in [2.05, 4.69) is 15.0 Å². The van der Waals surface area contributed by atoms with E-state index in [9.17, 15) is 22.8 Å². The highest BCUT2D eigenvalue weighted by Gasteiger charge is 2.38. The Kier molecular flexibility index (Phi) is 5.62. The largest absolute Gasteiger partial charge is 0.341 e. The summed E-state index contributed by atoms with van der Waals surface area (Å²) in [6.07, 6.45) is 5.32. The maximum atomic E-state index is 13.7. The number of aromatic nitrogens is 5. The second-order valence-corrected chi connectivity index (χ2v) is 8.96. The highest BCUT2D eigenvalue weighted by molar-refractivity contribution is 5.70. The number of nitrogens with zero attached hydrogens (tertiary/aromatic N) is 7. The van der Waals surface area contributed by atoms with Crippen LogP contribution in [0.5, 0.6) is 0 Å². The fraction of sp³-hybridized carbons (Fsp3) is 0.500. The first-order valence-electron chi connectivity index (χ1n) is 11.1. The molecule has 2 aliphatic rings. The molecule has 3 aromatic rings. The van der Waals surface area contributed by atoms with Gasteiger partial charge in [-0.2, -0.15) is 0 Å². The Morgan fingerprint density at radius 2 is 1.74 bits per heavy atom. The molecular weight excluding hydrogens is 451 g/mol. The summed E-state index contributed by atoms with van der Waals surface area (Å²) in [6.45, 7) is 1.57. The third-order valence-corrected chi connectivity index (χ3v) is 6.57. The number of piperidine rings is 1. The number of rotatable bonds is 4. The molecule has 0 spiro atoms. The van der Waals surface area contributed by atoms with E-state index in [1.54, 1.807) is 17.3 Å². The Hall–Kier alpha value is -3.28. The van der Waals surface area contributed by atoms with Crippen molar-refractivity contribution in [1.29, 1.82) is 0 Å². The van der Waals surface area contributed by atoms with Crippen molar-refractivity contribution in [3.05, 3.63) is 56.7 Å². The topological polar surface area (TPSA) is 89.2 Å². The maximum absolute atomic E-state index is 13.7. The molecule has 0 aliphatic carbocycles. The monoisotopic (exact) mass is 475 g/mol. The summed E-state index contributed by atoms with van der Waals surface area (Å²) in [5, 5.41) is 0. The molecule has 9 nitrogen and oxygen atoms in total. The summed E-state index contributed by atoms with van der Waals surface area (Å²) >= 11 is 0. The van der Waals surface area contributed by atoms with Gasteiger partial charge in [-0.25, -0.2) is 28.1 Å². The fourth-order valence-corrected chi connectivity index (χ4v) is 4.76. The Morgan fingerprint density at radius 1 is 1.03 bits per heavy atom. The molecule has 0 bridgehead atoms. The van der Waals surface area contributed by atoms with Crippen molar-refractivity contribution in [2.45, 2.75) is 37.8 Å². The van der Waals surface area contributed by atoms with Crippen LogP contribution in [0.2, 0.25) is 0 Å². The van der Waals surface area contributed by atoms with Crippen LogP contribution in [0.1, 0.15) is 30.9 Å². The highest BCUT2D eigenvalue weighted by Crippen LogP contribution is 2.28. The molecule has 12 heteroatoms. The van der Waals surface area contributed by atoms with Crippen LogP contribution in [0.25, 0.3) is 11.2 Å². The average Bonchev–Trinajstić information content (AvgIpc) is 3.17. The van der Waals surface area contributed by atoms with Crippen molar-refractivity contribution in [3.8, 4) is 0 Å². The number of aryl methyl sites for hydroxylation is 1. The van der Waals surface area contributed by atoms with Gasteiger partial charge in [-0.1, -0.05) is 0 Å². The minimum atomic E-state index is -2.63. The smallest absolute Gasteiger partial charge is 0.318 e. The van der Waals surface area contributed by atoms with E-state index in [0.29, 0.717) is 45.0 Å². The van der Waals surface area contributed by atoms with Gasteiger partial charge in [0.25, 0.3) is 5.92 Å². The van der Waals surface area contributed by atoms with Crippen molar-refractivity contribution < 1.29 is 13.2 Å². The molecule has 0 atom stereocenters. The van der Waals surface area contributed by atoms with Crippen molar-refractivity contribution in [2.24, 2.45) is 7.05 Å². The Bertz CT molecular complexity index is 1330. The predicted octanol–water partition coefficient (Wildman–Crippen LogP) is 1.71. The number of alkyl halides is 2. The van der Waals surface area contributed by atoms with Gasteiger partial charge in [-0.05, 0) is 12.8 Å². The van der Waals surface area contributed by atoms with Gasteiger partial charge in [0.2, 0.25) is 5.95 Å². The van der Waals surface area contributed by atoms with Gasteiger partial charge in [0.15, 0.2) is 5.65 Å². The summed E-state index contributed by atoms with van der Waals surface area (Å²) in [4.78, 5) is 41.8. The second kappa shape index (κ2) is 8.49. The van der Waals surface area contributed by atoms with Crippen LogP contribution in [-0.4, -0.2) is 61.1 Å². The molecule has 2 aliphatic heterocycles. The number of halogens is 3. The molecule has 180 valence electrons. The molecule has 0 aromatic carbocycles. The fourth-order valence-electron chi connectivity index (χ4n) is 4.76. The standard InChI is InChI=1S/C22H24F3N7O2/c1-29-17-8-15(23)11-26-18(17)32(20(34)19(29)33)16-2-5-31(6-3-16)21-27-9-14(10-28-21)12-30-7-4-22(24,25)13-30/h8-11,16H,2-7,12-13H2,1H3. The van der Waals surface area contributed by atoms with Crippen LogP contribution < -0.4 is 16.0 Å². The van der Waals surface area contributed by atoms with Crippen LogP contribution in [-0.2, 0) is 13.6 Å². The van der Waals surface area contributed by atoms with Gasteiger partial charge in [0.1, 0.15) is 5.82 Å². The normalized spacial score (nSPS) is 19.2. The molecule has 2 saturated heterocycles. The quantitative estimate of drug-likeness (QED) is 0.531. The summed E-state index contributed by atoms with van der Waals surface area (Å²) in [5.41, 5.74) is -0.0905. The van der Waals surface area contributed by atoms with Crippen molar-refractivity contribution in [3.63, 3.8) is 0 Å². The molecule has 5 heterocycles. The summed E-state index contributed by atoms with van der Waals surface area (Å²) in [6, 6.07) is 0.933. The van der Waals surface area contributed by atoms with Gasteiger partial charge in [-0.15, -0.1) is 0 Å². The van der Waals surface area contributed by atoms with Gasteiger partial charge < -0.3 is 9.47 Å². The van der Waals surface area contributed by atoms with E-state index in [4.69, 9.17) is 0 Å². The molecule has 0 amide bonds. The molecule has 34 heavy (non-hydrogen) atoms. The molecule has 0 N–H and O–H groups in total. The van der Waals surface area contributed by atoms with Gasteiger partial charge in [-0.3, -0.25) is 19.1 Å². The molecule has 0 unspecified atom stereocenters.